The van der Waals surface area contributed by atoms with E-state index >= 15 is 0 Å². The maximum atomic E-state index is 13.0. The third-order valence-corrected chi connectivity index (χ3v) is 7.88. The van der Waals surface area contributed by atoms with Gasteiger partial charge in [-0.3, -0.25) is 4.79 Å². The van der Waals surface area contributed by atoms with Crippen molar-refractivity contribution in [1.82, 2.24) is 18.8 Å². The second-order valence-corrected chi connectivity index (χ2v) is 10.8. The lowest BCUT2D eigenvalue weighted by molar-refractivity contribution is -0.144. The zero-order valence-electron chi connectivity index (χ0n) is 19.4. The van der Waals surface area contributed by atoms with Gasteiger partial charge in [-0.15, -0.1) is 0 Å². The Labute approximate surface area is 194 Å². The van der Waals surface area contributed by atoms with Crippen molar-refractivity contribution < 1.29 is 17.9 Å². The maximum Gasteiger partial charge on any atom is 0.242 e. The number of carbonyl (C=O) groups is 1. The molecular formula is C24H30N4O4S. The molecule has 1 aliphatic heterocycles. The first-order chi connectivity index (χ1) is 15.7. The number of ether oxygens (including phenoxy) is 1. The molecular weight excluding hydrogens is 440 g/mol. The number of carbonyl (C=O) groups excluding carboxylic acids is 1. The molecule has 1 aliphatic rings. The Kier molecular flexibility index (Phi) is 6.56. The van der Waals surface area contributed by atoms with Gasteiger partial charge in [0.1, 0.15) is 11.9 Å². The minimum atomic E-state index is -3.53. The summed E-state index contributed by atoms with van der Waals surface area (Å²) >= 11 is 0. The van der Waals surface area contributed by atoms with E-state index in [4.69, 9.17) is 4.74 Å². The van der Waals surface area contributed by atoms with E-state index in [1.807, 2.05) is 53.8 Å². The Balaban J connectivity index is 1.47. The lowest BCUT2D eigenvalue weighted by atomic mass is 10.1. The van der Waals surface area contributed by atoms with Crippen LogP contribution < -0.4 is 0 Å². The summed E-state index contributed by atoms with van der Waals surface area (Å²) in [5.74, 6) is 0.813. The molecule has 9 heteroatoms. The molecule has 0 saturated carbocycles. The zero-order valence-corrected chi connectivity index (χ0v) is 20.2. The van der Waals surface area contributed by atoms with Gasteiger partial charge in [0.15, 0.2) is 0 Å². The summed E-state index contributed by atoms with van der Waals surface area (Å²) in [4.78, 5) is 19.7. The molecule has 2 heterocycles. The van der Waals surface area contributed by atoms with E-state index in [2.05, 4.69) is 4.98 Å². The Morgan fingerprint density at radius 3 is 2.58 bits per heavy atom. The van der Waals surface area contributed by atoms with Crippen molar-refractivity contribution >= 4 is 27.0 Å². The van der Waals surface area contributed by atoms with E-state index in [-0.39, 0.29) is 23.0 Å². The highest BCUT2D eigenvalue weighted by Gasteiger charge is 2.29. The summed E-state index contributed by atoms with van der Waals surface area (Å²) in [6, 6.07) is 14.9. The molecule has 176 valence electrons. The van der Waals surface area contributed by atoms with Crippen LogP contribution in [0.3, 0.4) is 0 Å². The van der Waals surface area contributed by atoms with Crippen LogP contribution in [0.15, 0.2) is 53.4 Å². The van der Waals surface area contributed by atoms with Crippen LogP contribution in [0, 0.1) is 0 Å². The van der Waals surface area contributed by atoms with E-state index in [1.165, 1.54) is 18.4 Å². The van der Waals surface area contributed by atoms with Crippen LogP contribution >= 0.6 is 0 Å². The van der Waals surface area contributed by atoms with Gasteiger partial charge < -0.3 is 14.2 Å². The molecule has 0 spiro atoms. The van der Waals surface area contributed by atoms with Crippen molar-refractivity contribution in [3.05, 3.63) is 59.9 Å². The van der Waals surface area contributed by atoms with Gasteiger partial charge in [0.05, 0.1) is 28.6 Å². The van der Waals surface area contributed by atoms with Crippen molar-refractivity contribution in [2.45, 2.75) is 36.9 Å². The van der Waals surface area contributed by atoms with Crippen LogP contribution in [0.25, 0.3) is 11.0 Å². The number of imidazole rings is 1. The van der Waals surface area contributed by atoms with E-state index in [9.17, 15) is 13.2 Å². The first kappa shape index (κ1) is 23.4. The highest BCUT2D eigenvalue weighted by atomic mass is 32.2. The molecule has 8 nitrogen and oxygen atoms in total. The minimum absolute atomic E-state index is 0.0410. The summed E-state index contributed by atoms with van der Waals surface area (Å²) < 4.78 is 34.1. The van der Waals surface area contributed by atoms with Gasteiger partial charge in [0.2, 0.25) is 15.9 Å². The highest BCUT2D eigenvalue weighted by molar-refractivity contribution is 7.89. The minimum Gasteiger partial charge on any atom is -0.367 e. The maximum absolute atomic E-state index is 13.0. The number of sulfonamides is 1. The molecule has 0 aliphatic carbocycles. The van der Waals surface area contributed by atoms with Crippen LogP contribution in [0.2, 0.25) is 0 Å². The molecule has 2 atom stereocenters. The van der Waals surface area contributed by atoms with Gasteiger partial charge in [0, 0.05) is 40.5 Å². The Morgan fingerprint density at radius 1 is 1.15 bits per heavy atom. The van der Waals surface area contributed by atoms with Gasteiger partial charge in [-0.2, -0.15) is 0 Å². The van der Waals surface area contributed by atoms with Crippen LogP contribution in [0.5, 0.6) is 0 Å². The Bertz CT molecular complexity index is 1250. The van der Waals surface area contributed by atoms with Crippen molar-refractivity contribution in [1.29, 1.82) is 0 Å². The number of hydrogen-bond donors (Lipinski definition) is 0. The van der Waals surface area contributed by atoms with Crippen molar-refractivity contribution in [2.75, 3.05) is 27.2 Å². The average molecular weight is 471 g/mol. The fourth-order valence-corrected chi connectivity index (χ4v) is 5.13. The number of aromatic nitrogens is 2. The van der Waals surface area contributed by atoms with Gasteiger partial charge in [-0.1, -0.05) is 30.3 Å². The predicted molar refractivity (Wildman–Crippen MR) is 126 cm³/mol. The molecule has 2 unspecified atom stereocenters. The second-order valence-electron chi connectivity index (χ2n) is 8.67. The van der Waals surface area contributed by atoms with Crippen LogP contribution in [0.1, 0.15) is 30.8 Å². The molecule has 0 radical (unpaired) electrons. The zero-order chi connectivity index (χ0) is 23.8. The third-order valence-electron chi connectivity index (χ3n) is 6.07. The first-order valence-corrected chi connectivity index (χ1v) is 12.5. The lowest BCUT2D eigenvalue weighted by Gasteiger charge is -2.37. The van der Waals surface area contributed by atoms with Crippen LogP contribution in [-0.2, 0) is 33.0 Å². The molecule has 1 fully saturated rings. The van der Waals surface area contributed by atoms with Gasteiger partial charge in [-0.05, 0) is 30.7 Å². The Hall–Kier alpha value is -2.75. The van der Waals surface area contributed by atoms with E-state index < -0.39 is 10.0 Å². The summed E-state index contributed by atoms with van der Waals surface area (Å²) in [6.45, 7) is 3.08. The molecule has 1 saturated heterocycles. The molecule has 2 aromatic carbocycles. The number of aryl methyl sites for hydroxylation is 2. The fraction of sp³-hybridized carbons (Fsp3) is 0.417. The highest BCUT2D eigenvalue weighted by Crippen LogP contribution is 2.26. The lowest BCUT2D eigenvalue weighted by Crippen LogP contribution is -2.46. The molecule has 33 heavy (non-hydrogen) atoms. The average Bonchev–Trinajstić information content (AvgIpc) is 3.12. The number of morpholine rings is 1. The molecule has 4 rings (SSSR count). The van der Waals surface area contributed by atoms with Gasteiger partial charge >= 0.3 is 0 Å². The smallest absolute Gasteiger partial charge is 0.242 e. The monoisotopic (exact) mass is 470 g/mol. The summed E-state index contributed by atoms with van der Waals surface area (Å²) in [5, 5.41) is 0. The fourth-order valence-electron chi connectivity index (χ4n) is 4.21. The van der Waals surface area contributed by atoms with E-state index in [1.54, 1.807) is 18.2 Å². The van der Waals surface area contributed by atoms with Crippen LogP contribution in [0.4, 0.5) is 0 Å². The molecule has 0 N–H and O–H groups in total. The van der Waals surface area contributed by atoms with E-state index in [0.29, 0.717) is 31.4 Å². The van der Waals surface area contributed by atoms with Crippen LogP contribution in [-0.4, -0.2) is 66.4 Å². The topological polar surface area (TPSA) is 84.7 Å². The number of fused-ring (bicyclic) bond motifs is 1. The molecule has 3 aromatic rings. The predicted octanol–water partition coefficient (Wildman–Crippen LogP) is 2.74. The largest absolute Gasteiger partial charge is 0.367 e. The van der Waals surface area contributed by atoms with Gasteiger partial charge in [0.25, 0.3) is 0 Å². The number of nitrogens with zero attached hydrogens (tertiary/aromatic N) is 4. The molecule has 1 aromatic heterocycles. The van der Waals surface area contributed by atoms with Crippen molar-refractivity contribution in [3.63, 3.8) is 0 Å². The van der Waals surface area contributed by atoms with E-state index in [0.717, 1.165) is 16.9 Å². The number of amides is 1. The second kappa shape index (κ2) is 9.24. The quantitative estimate of drug-likeness (QED) is 0.553. The summed E-state index contributed by atoms with van der Waals surface area (Å²) in [5.41, 5.74) is 2.51. The standard InChI is InChI=1S/C24H30N4O4S/c1-17-15-28(16-22(32-17)18-8-6-5-7-9-18)24(29)13-12-23-25-20-14-19(33(30,31)26(2)3)10-11-21(20)27(23)4/h5-11,14,17,22H,12-13,15-16H2,1-4H3. The SMILES string of the molecule is CC1CN(C(=O)CCc2nc3cc(S(=O)(=O)N(C)C)ccc3n2C)CC(c2ccccc2)O1. The van der Waals surface area contributed by atoms with Crippen molar-refractivity contribution in [3.8, 4) is 0 Å². The number of hydrogen-bond acceptors (Lipinski definition) is 5. The summed E-state index contributed by atoms with van der Waals surface area (Å²) in [7, 11) is 1.36. The first-order valence-electron chi connectivity index (χ1n) is 11.0. The van der Waals surface area contributed by atoms with Crippen molar-refractivity contribution in [2.24, 2.45) is 7.05 Å². The normalized spacial score (nSPS) is 19.4. The molecule has 0 bridgehead atoms. The summed E-state index contributed by atoms with van der Waals surface area (Å²) in [6.07, 6.45) is 0.628. The number of benzene rings is 2. The molecule has 1 amide bonds. The number of rotatable bonds is 6. The third kappa shape index (κ3) is 4.80. The Morgan fingerprint density at radius 2 is 1.88 bits per heavy atom. The van der Waals surface area contributed by atoms with Gasteiger partial charge in [-0.25, -0.2) is 17.7 Å².